The Morgan fingerprint density at radius 3 is 2.00 bits per heavy atom. The number of unbranched alkanes of at least 4 members (excludes halogenated alkanes) is 5. The molecule has 0 spiro atoms. The summed E-state index contributed by atoms with van der Waals surface area (Å²) >= 11 is 0. The Kier molecular flexibility index (Phi) is 12.5. The molecule has 0 unspecified atom stereocenters. The van der Waals surface area contributed by atoms with Crippen molar-refractivity contribution < 1.29 is 0 Å². The molecule has 0 heteroatoms. The second kappa shape index (κ2) is 13.2. The van der Waals surface area contributed by atoms with Crippen LogP contribution in [0.4, 0.5) is 0 Å². The molecular weight excluding hydrogens is 180 g/mol. The predicted octanol–water partition coefficient (Wildman–Crippen LogP) is 5.23. The molecule has 0 heterocycles. The third-order valence-corrected chi connectivity index (χ3v) is 2.32. The molecule has 0 N–H and O–H groups in total. The summed E-state index contributed by atoms with van der Waals surface area (Å²) in [5, 5.41) is 0. The maximum Gasteiger partial charge on any atom is -0.0169 e. The maximum atomic E-state index is 5.30. The average molecular weight is 205 g/mol. The molecule has 0 fully saturated rings. The van der Waals surface area contributed by atoms with Gasteiger partial charge in [-0.1, -0.05) is 56.7 Å². The van der Waals surface area contributed by atoms with Crippen molar-refractivity contribution in [1.82, 2.24) is 0 Å². The van der Waals surface area contributed by atoms with E-state index in [0.29, 0.717) is 0 Å². The molecule has 85 valence electrons. The van der Waals surface area contributed by atoms with E-state index in [1.54, 1.807) is 6.08 Å². The standard InChI is InChI=1S/C15H25/c1-3-5-7-9-11-13-15-14-12-10-8-6-4-2/h1,3,10,12-13,15H,4-9,11,14H2,2H3. The molecule has 0 atom stereocenters. The van der Waals surface area contributed by atoms with Crippen LogP contribution < -0.4 is 0 Å². The first-order valence-electron chi connectivity index (χ1n) is 6.25. The van der Waals surface area contributed by atoms with Crippen molar-refractivity contribution in [3.8, 4) is 0 Å². The van der Waals surface area contributed by atoms with Gasteiger partial charge in [0.25, 0.3) is 0 Å². The molecule has 0 saturated heterocycles. The Bertz CT molecular complexity index is 174. The molecule has 0 aromatic carbocycles. The van der Waals surface area contributed by atoms with E-state index < -0.39 is 0 Å². The highest BCUT2D eigenvalue weighted by molar-refractivity contribution is 4.92. The second-order valence-electron chi connectivity index (χ2n) is 3.84. The lowest BCUT2D eigenvalue weighted by atomic mass is 10.2. The number of hydrogen-bond acceptors (Lipinski definition) is 0. The topological polar surface area (TPSA) is 0 Å². The van der Waals surface area contributed by atoms with Gasteiger partial charge in [0.05, 0.1) is 0 Å². The van der Waals surface area contributed by atoms with Crippen LogP contribution in [-0.2, 0) is 0 Å². The van der Waals surface area contributed by atoms with Crippen LogP contribution in [0.15, 0.2) is 30.4 Å². The molecule has 0 bridgehead atoms. The Hall–Kier alpha value is -0.780. The Balaban J connectivity index is 3.16. The van der Waals surface area contributed by atoms with Crippen molar-refractivity contribution in [1.29, 1.82) is 0 Å². The van der Waals surface area contributed by atoms with Crippen LogP contribution in [0.2, 0.25) is 0 Å². The van der Waals surface area contributed by atoms with E-state index in [9.17, 15) is 0 Å². The molecule has 0 aliphatic rings. The van der Waals surface area contributed by atoms with Gasteiger partial charge in [0.1, 0.15) is 0 Å². The van der Waals surface area contributed by atoms with Gasteiger partial charge in [0, 0.05) is 0 Å². The lowest BCUT2D eigenvalue weighted by Gasteiger charge is -1.91. The van der Waals surface area contributed by atoms with Crippen molar-refractivity contribution in [3.05, 3.63) is 37.0 Å². The molecule has 0 nitrogen and oxygen atoms in total. The van der Waals surface area contributed by atoms with E-state index >= 15 is 0 Å². The average Bonchev–Trinajstić information content (AvgIpc) is 2.26. The van der Waals surface area contributed by atoms with Gasteiger partial charge in [-0.05, 0) is 38.5 Å². The Morgan fingerprint density at radius 2 is 1.40 bits per heavy atom. The molecule has 1 radical (unpaired) electrons. The summed E-state index contributed by atoms with van der Waals surface area (Å²) in [5.74, 6) is 0. The van der Waals surface area contributed by atoms with E-state index in [-0.39, 0.29) is 0 Å². The van der Waals surface area contributed by atoms with Crippen LogP contribution in [0.1, 0.15) is 58.3 Å². The van der Waals surface area contributed by atoms with Crippen molar-refractivity contribution >= 4 is 0 Å². The third-order valence-electron chi connectivity index (χ3n) is 2.32. The van der Waals surface area contributed by atoms with Gasteiger partial charge < -0.3 is 0 Å². The van der Waals surface area contributed by atoms with Crippen LogP contribution in [0.3, 0.4) is 0 Å². The van der Waals surface area contributed by atoms with E-state index in [1.807, 2.05) is 0 Å². The predicted molar refractivity (Wildman–Crippen MR) is 69.8 cm³/mol. The molecule has 0 aromatic heterocycles. The lowest BCUT2D eigenvalue weighted by molar-refractivity contribution is 0.761. The zero-order valence-electron chi connectivity index (χ0n) is 10.1. The first kappa shape index (κ1) is 14.2. The van der Waals surface area contributed by atoms with Gasteiger partial charge in [-0.25, -0.2) is 0 Å². The number of rotatable bonds is 10. The fraction of sp³-hybridized carbons (Fsp3) is 0.600. The van der Waals surface area contributed by atoms with Crippen LogP contribution in [-0.4, -0.2) is 0 Å². The van der Waals surface area contributed by atoms with Gasteiger partial charge in [-0.2, -0.15) is 0 Å². The molecule has 0 aromatic rings. The summed E-state index contributed by atoms with van der Waals surface area (Å²) in [6.07, 6.45) is 20.5. The first-order chi connectivity index (χ1) is 7.41. The fourth-order valence-electron chi connectivity index (χ4n) is 1.35. The summed E-state index contributed by atoms with van der Waals surface area (Å²) < 4.78 is 0. The minimum absolute atomic E-state index is 1.05. The van der Waals surface area contributed by atoms with Gasteiger partial charge in [-0.3, -0.25) is 0 Å². The molecule has 0 saturated carbocycles. The molecule has 0 aliphatic carbocycles. The van der Waals surface area contributed by atoms with E-state index in [1.165, 1.54) is 38.5 Å². The van der Waals surface area contributed by atoms with Crippen molar-refractivity contribution in [3.63, 3.8) is 0 Å². The fourth-order valence-corrected chi connectivity index (χ4v) is 1.35. The lowest BCUT2D eigenvalue weighted by Crippen LogP contribution is -1.71. The van der Waals surface area contributed by atoms with Crippen LogP contribution in [0.5, 0.6) is 0 Å². The van der Waals surface area contributed by atoms with E-state index in [0.717, 1.165) is 12.8 Å². The van der Waals surface area contributed by atoms with Gasteiger partial charge in [0.15, 0.2) is 0 Å². The quantitative estimate of drug-likeness (QED) is 0.338. The highest BCUT2D eigenvalue weighted by Crippen LogP contribution is 2.02. The summed E-state index contributed by atoms with van der Waals surface area (Å²) in [6.45, 7) is 7.53. The molecule has 0 rings (SSSR count). The first-order valence-corrected chi connectivity index (χ1v) is 6.25. The van der Waals surface area contributed by atoms with Crippen LogP contribution in [0.25, 0.3) is 0 Å². The van der Waals surface area contributed by atoms with Crippen LogP contribution in [0, 0.1) is 6.58 Å². The maximum absolute atomic E-state index is 5.30. The Labute approximate surface area is 95.8 Å². The van der Waals surface area contributed by atoms with Crippen molar-refractivity contribution in [2.24, 2.45) is 0 Å². The largest absolute Gasteiger partial charge is 0.0882 e. The SMILES string of the molecule is [CH]=CCCCCC=CCC=CCCCC. The van der Waals surface area contributed by atoms with Gasteiger partial charge in [0.2, 0.25) is 0 Å². The molecule has 0 amide bonds. The monoisotopic (exact) mass is 205 g/mol. The Morgan fingerprint density at radius 1 is 0.800 bits per heavy atom. The summed E-state index contributed by atoms with van der Waals surface area (Å²) in [4.78, 5) is 0. The third kappa shape index (κ3) is 13.2. The smallest absolute Gasteiger partial charge is 0.0169 e. The van der Waals surface area contributed by atoms with E-state index in [2.05, 4.69) is 31.2 Å². The highest BCUT2D eigenvalue weighted by atomic mass is 13.9. The zero-order valence-corrected chi connectivity index (χ0v) is 10.1. The molecule has 0 aliphatic heterocycles. The van der Waals surface area contributed by atoms with Gasteiger partial charge >= 0.3 is 0 Å². The van der Waals surface area contributed by atoms with Gasteiger partial charge in [-0.15, -0.1) is 0 Å². The summed E-state index contributed by atoms with van der Waals surface area (Å²) in [5.41, 5.74) is 0. The summed E-state index contributed by atoms with van der Waals surface area (Å²) in [6, 6.07) is 0. The minimum atomic E-state index is 1.05. The second-order valence-corrected chi connectivity index (χ2v) is 3.84. The number of hydrogen-bond donors (Lipinski definition) is 0. The van der Waals surface area contributed by atoms with Crippen LogP contribution >= 0.6 is 0 Å². The van der Waals surface area contributed by atoms with E-state index in [4.69, 9.17) is 6.58 Å². The van der Waals surface area contributed by atoms with Crippen molar-refractivity contribution in [2.75, 3.05) is 0 Å². The zero-order chi connectivity index (χ0) is 11.2. The number of allylic oxidation sites excluding steroid dienone is 5. The van der Waals surface area contributed by atoms with Crippen molar-refractivity contribution in [2.45, 2.75) is 58.3 Å². The highest BCUT2D eigenvalue weighted by Gasteiger charge is 1.82. The molecular formula is C15H25. The summed E-state index contributed by atoms with van der Waals surface area (Å²) in [7, 11) is 0. The molecule has 15 heavy (non-hydrogen) atoms. The minimum Gasteiger partial charge on any atom is -0.0882 e. The normalized spacial score (nSPS) is 11.5.